The van der Waals surface area contributed by atoms with Crippen molar-refractivity contribution in [1.29, 1.82) is 0 Å². The highest BCUT2D eigenvalue weighted by molar-refractivity contribution is 5.84. The van der Waals surface area contributed by atoms with Crippen molar-refractivity contribution in [3.63, 3.8) is 0 Å². The number of aryl methyl sites for hydroxylation is 1. The molecule has 0 aliphatic rings. The van der Waals surface area contributed by atoms with Crippen LogP contribution in [-0.4, -0.2) is 0 Å². The van der Waals surface area contributed by atoms with Crippen LogP contribution < -0.4 is 0 Å². The Morgan fingerprint density at radius 3 is 2.54 bits per heavy atom. The van der Waals surface area contributed by atoms with Gasteiger partial charge in [0.1, 0.15) is 11.6 Å². The summed E-state index contributed by atoms with van der Waals surface area (Å²) in [6.07, 6.45) is 0. The highest BCUT2D eigenvalue weighted by Crippen LogP contribution is 2.22. The van der Waals surface area contributed by atoms with Crippen molar-refractivity contribution in [2.75, 3.05) is 0 Å². The Morgan fingerprint density at radius 2 is 1.77 bits per heavy atom. The van der Waals surface area contributed by atoms with Gasteiger partial charge in [-0.25, -0.2) is 8.78 Å². The number of fused-ring (bicyclic) bond motifs is 1. The molecule has 0 heterocycles. The second-order valence-electron chi connectivity index (χ2n) is 3.08. The Balaban J connectivity index is 2.94. The van der Waals surface area contributed by atoms with Gasteiger partial charge >= 0.3 is 0 Å². The molecule has 0 saturated heterocycles. The summed E-state index contributed by atoms with van der Waals surface area (Å²) in [6.45, 7) is 1.79. The first-order valence-corrected chi connectivity index (χ1v) is 4.03. The van der Waals surface area contributed by atoms with Gasteiger partial charge in [0.2, 0.25) is 0 Å². The lowest BCUT2D eigenvalue weighted by atomic mass is 10.1. The highest BCUT2D eigenvalue weighted by atomic mass is 19.1. The lowest BCUT2D eigenvalue weighted by Gasteiger charge is -2.01. The van der Waals surface area contributed by atoms with E-state index in [-0.39, 0.29) is 5.39 Å². The van der Waals surface area contributed by atoms with Gasteiger partial charge in [-0.1, -0.05) is 18.2 Å². The van der Waals surface area contributed by atoms with Gasteiger partial charge in [0.25, 0.3) is 0 Å². The summed E-state index contributed by atoms with van der Waals surface area (Å²) in [5, 5.41) is 0.686. The molecule has 2 aromatic rings. The predicted octanol–water partition coefficient (Wildman–Crippen LogP) is 3.43. The molecule has 13 heavy (non-hydrogen) atoms. The van der Waals surface area contributed by atoms with E-state index >= 15 is 0 Å². The first kappa shape index (κ1) is 8.17. The van der Waals surface area contributed by atoms with E-state index in [1.165, 1.54) is 12.1 Å². The number of hydrogen-bond donors (Lipinski definition) is 0. The van der Waals surface area contributed by atoms with Gasteiger partial charge < -0.3 is 0 Å². The van der Waals surface area contributed by atoms with Crippen LogP contribution in [0.2, 0.25) is 0 Å². The average molecular weight is 178 g/mol. The van der Waals surface area contributed by atoms with Crippen LogP contribution in [0.25, 0.3) is 10.8 Å². The van der Waals surface area contributed by atoms with Crippen LogP contribution >= 0.6 is 0 Å². The monoisotopic (exact) mass is 178 g/mol. The zero-order chi connectivity index (χ0) is 9.42. The molecule has 2 rings (SSSR count). The normalized spacial score (nSPS) is 10.7. The van der Waals surface area contributed by atoms with Gasteiger partial charge in [-0.2, -0.15) is 0 Å². The van der Waals surface area contributed by atoms with E-state index in [9.17, 15) is 8.78 Å². The minimum atomic E-state index is -0.505. The molecule has 0 unspecified atom stereocenters. The fraction of sp³-hybridized carbons (Fsp3) is 0.0909. The van der Waals surface area contributed by atoms with Crippen molar-refractivity contribution in [3.05, 3.63) is 47.5 Å². The van der Waals surface area contributed by atoms with Crippen LogP contribution in [0.4, 0.5) is 8.78 Å². The van der Waals surface area contributed by atoms with E-state index in [4.69, 9.17) is 0 Å². The van der Waals surface area contributed by atoms with Crippen LogP contribution in [0.3, 0.4) is 0 Å². The molecule has 0 nitrogen and oxygen atoms in total. The zero-order valence-corrected chi connectivity index (χ0v) is 7.14. The molecule has 0 bridgehead atoms. The summed E-state index contributed by atoms with van der Waals surface area (Å²) < 4.78 is 26.4. The first-order valence-electron chi connectivity index (χ1n) is 4.03. The summed E-state index contributed by atoms with van der Waals surface area (Å²) in [6, 6.07) is 7.65. The minimum absolute atomic E-state index is 0.0769. The molecule has 0 saturated carbocycles. The van der Waals surface area contributed by atoms with Crippen LogP contribution in [0, 0.1) is 18.6 Å². The van der Waals surface area contributed by atoms with Gasteiger partial charge in [0.05, 0.1) is 5.39 Å². The Labute approximate surface area is 74.8 Å². The molecular weight excluding hydrogens is 170 g/mol. The molecular formula is C11H8F2. The Morgan fingerprint density at radius 1 is 1.00 bits per heavy atom. The second-order valence-corrected chi connectivity index (χ2v) is 3.08. The number of hydrogen-bond acceptors (Lipinski definition) is 0. The molecule has 2 aromatic carbocycles. The summed E-state index contributed by atoms with van der Waals surface area (Å²) in [7, 11) is 0. The summed E-state index contributed by atoms with van der Waals surface area (Å²) in [5.41, 5.74) is 0.801. The van der Waals surface area contributed by atoms with E-state index in [0.29, 0.717) is 5.39 Å². The lowest BCUT2D eigenvalue weighted by molar-refractivity contribution is 0.607. The van der Waals surface area contributed by atoms with Gasteiger partial charge in [0, 0.05) is 0 Å². The fourth-order valence-corrected chi connectivity index (χ4v) is 1.47. The smallest absolute Gasteiger partial charge is 0.134 e. The molecule has 0 aliphatic carbocycles. The number of benzene rings is 2. The van der Waals surface area contributed by atoms with Crippen LogP contribution in [0.1, 0.15) is 5.56 Å². The maximum Gasteiger partial charge on any atom is 0.134 e. The van der Waals surface area contributed by atoms with Crippen molar-refractivity contribution in [2.45, 2.75) is 6.92 Å². The maximum absolute atomic E-state index is 13.3. The standard InChI is InChI=1S/C11H8F2/c1-7-5-8-3-2-4-9(12)11(8)10(13)6-7/h2-6H,1H3. The maximum atomic E-state index is 13.3. The van der Waals surface area contributed by atoms with E-state index in [0.717, 1.165) is 5.56 Å². The van der Waals surface area contributed by atoms with Gasteiger partial charge in [-0.05, 0) is 30.0 Å². The van der Waals surface area contributed by atoms with Crippen molar-refractivity contribution >= 4 is 10.8 Å². The average Bonchev–Trinajstić information content (AvgIpc) is 2.02. The molecule has 0 spiro atoms. The topological polar surface area (TPSA) is 0 Å². The molecule has 2 heteroatoms. The van der Waals surface area contributed by atoms with Gasteiger partial charge in [-0.3, -0.25) is 0 Å². The SMILES string of the molecule is Cc1cc(F)c2c(F)cccc2c1. The third-order valence-electron chi connectivity index (χ3n) is 2.02. The molecule has 0 radical (unpaired) electrons. The molecule has 66 valence electrons. The largest absolute Gasteiger partial charge is 0.206 e. The Hall–Kier alpha value is -1.44. The molecule has 0 amide bonds. The van der Waals surface area contributed by atoms with E-state index in [2.05, 4.69) is 0 Å². The lowest BCUT2D eigenvalue weighted by Crippen LogP contribution is -1.86. The van der Waals surface area contributed by atoms with Gasteiger partial charge in [-0.15, -0.1) is 0 Å². The van der Waals surface area contributed by atoms with Crippen LogP contribution in [0.15, 0.2) is 30.3 Å². The van der Waals surface area contributed by atoms with Gasteiger partial charge in [0.15, 0.2) is 0 Å². The van der Waals surface area contributed by atoms with E-state index < -0.39 is 11.6 Å². The second kappa shape index (κ2) is 2.80. The molecule has 0 atom stereocenters. The summed E-state index contributed by atoms with van der Waals surface area (Å²) in [4.78, 5) is 0. The third kappa shape index (κ3) is 1.28. The van der Waals surface area contributed by atoms with Crippen LogP contribution in [0.5, 0.6) is 0 Å². The first-order chi connectivity index (χ1) is 6.18. The summed E-state index contributed by atoms with van der Waals surface area (Å²) in [5.74, 6) is -0.997. The Kier molecular flexibility index (Phi) is 1.76. The van der Waals surface area contributed by atoms with Crippen molar-refractivity contribution < 1.29 is 8.78 Å². The number of halogens is 2. The number of rotatable bonds is 0. The highest BCUT2D eigenvalue weighted by Gasteiger charge is 2.05. The molecule has 0 aliphatic heterocycles. The van der Waals surface area contributed by atoms with Crippen molar-refractivity contribution in [3.8, 4) is 0 Å². The quantitative estimate of drug-likeness (QED) is 0.579. The fourth-order valence-electron chi connectivity index (χ4n) is 1.47. The Bertz CT molecular complexity index is 461. The molecule has 0 fully saturated rings. The predicted molar refractivity (Wildman–Crippen MR) is 48.6 cm³/mol. The molecule has 0 aromatic heterocycles. The van der Waals surface area contributed by atoms with Crippen molar-refractivity contribution in [2.24, 2.45) is 0 Å². The molecule has 0 N–H and O–H groups in total. The summed E-state index contributed by atoms with van der Waals surface area (Å²) >= 11 is 0. The van der Waals surface area contributed by atoms with E-state index in [1.54, 1.807) is 25.1 Å². The minimum Gasteiger partial charge on any atom is -0.206 e. The third-order valence-corrected chi connectivity index (χ3v) is 2.02. The van der Waals surface area contributed by atoms with E-state index in [1.807, 2.05) is 0 Å². The van der Waals surface area contributed by atoms with Crippen molar-refractivity contribution in [1.82, 2.24) is 0 Å². The van der Waals surface area contributed by atoms with Crippen LogP contribution in [-0.2, 0) is 0 Å². The zero-order valence-electron chi connectivity index (χ0n) is 7.14.